The van der Waals surface area contributed by atoms with Gasteiger partial charge in [-0.15, -0.1) is 0 Å². The molecule has 3 aliphatic carbocycles. The fraction of sp³-hybridized carbons (Fsp3) is 0.650. The highest BCUT2D eigenvalue weighted by Crippen LogP contribution is 2.62. The van der Waals surface area contributed by atoms with Gasteiger partial charge in [0.15, 0.2) is 5.78 Å². The molecule has 0 aliphatic heterocycles. The van der Waals surface area contributed by atoms with Crippen LogP contribution in [-0.4, -0.2) is 5.78 Å². The summed E-state index contributed by atoms with van der Waals surface area (Å²) in [4.78, 5) is 12.5. The zero-order chi connectivity index (χ0) is 15.3. The average molecular weight is 284 g/mol. The minimum atomic E-state index is -0.198. The summed E-state index contributed by atoms with van der Waals surface area (Å²) < 4.78 is 0. The molecule has 0 bridgehead atoms. The summed E-state index contributed by atoms with van der Waals surface area (Å²) in [6.45, 7) is 10.6. The minimum Gasteiger partial charge on any atom is -0.294 e. The van der Waals surface area contributed by atoms with Gasteiger partial charge < -0.3 is 0 Å². The topological polar surface area (TPSA) is 17.1 Å². The van der Waals surface area contributed by atoms with Crippen molar-refractivity contribution in [1.29, 1.82) is 0 Å². The first kappa shape index (κ1) is 14.8. The zero-order valence-electron chi connectivity index (χ0n) is 13.7. The molecule has 0 N–H and O–H groups in total. The maximum Gasteiger partial charge on any atom is 0.161 e. The van der Waals surface area contributed by atoms with Crippen molar-refractivity contribution < 1.29 is 4.79 Å². The van der Waals surface area contributed by atoms with Gasteiger partial charge in [-0.1, -0.05) is 50.1 Å². The SMILES string of the molecule is C=CC(=O)[C@]1(C)CCC[C@@]2(C)C3=CCC(C)=CC3CCC12. The van der Waals surface area contributed by atoms with Crippen molar-refractivity contribution in [3.63, 3.8) is 0 Å². The molecule has 0 radical (unpaired) electrons. The lowest BCUT2D eigenvalue weighted by Crippen LogP contribution is -2.51. The molecule has 1 heteroatoms. The first-order valence-corrected chi connectivity index (χ1v) is 8.46. The van der Waals surface area contributed by atoms with E-state index in [1.54, 1.807) is 11.6 Å². The molecule has 4 atom stereocenters. The molecule has 0 aromatic heterocycles. The Morgan fingerprint density at radius 2 is 2.10 bits per heavy atom. The molecule has 0 aromatic rings. The van der Waals surface area contributed by atoms with Crippen molar-refractivity contribution in [2.24, 2.45) is 22.7 Å². The van der Waals surface area contributed by atoms with Crippen LogP contribution in [-0.2, 0) is 4.79 Å². The Morgan fingerprint density at radius 1 is 1.33 bits per heavy atom. The summed E-state index contributed by atoms with van der Waals surface area (Å²) in [5.41, 5.74) is 3.15. The summed E-state index contributed by atoms with van der Waals surface area (Å²) in [5, 5.41) is 0. The monoisotopic (exact) mass is 284 g/mol. The molecule has 3 rings (SSSR count). The van der Waals surface area contributed by atoms with Gasteiger partial charge in [0.05, 0.1) is 0 Å². The van der Waals surface area contributed by atoms with Crippen LogP contribution in [0, 0.1) is 22.7 Å². The summed E-state index contributed by atoms with van der Waals surface area (Å²) in [5.74, 6) is 1.37. The van der Waals surface area contributed by atoms with Crippen LogP contribution in [0.2, 0.25) is 0 Å². The number of rotatable bonds is 2. The number of hydrogen-bond acceptors (Lipinski definition) is 1. The highest BCUT2D eigenvalue weighted by atomic mass is 16.1. The second kappa shape index (κ2) is 4.97. The predicted octanol–water partition coefficient (Wildman–Crippen LogP) is 5.24. The third kappa shape index (κ3) is 2.08. The second-order valence-electron chi connectivity index (χ2n) is 7.87. The van der Waals surface area contributed by atoms with Gasteiger partial charge in [-0.25, -0.2) is 0 Å². The molecule has 0 saturated heterocycles. The van der Waals surface area contributed by atoms with E-state index in [1.807, 2.05) is 0 Å². The van der Waals surface area contributed by atoms with E-state index in [4.69, 9.17) is 0 Å². The van der Waals surface area contributed by atoms with Gasteiger partial charge in [0.25, 0.3) is 0 Å². The Kier molecular flexibility index (Phi) is 3.50. The zero-order valence-corrected chi connectivity index (χ0v) is 13.7. The van der Waals surface area contributed by atoms with Crippen molar-refractivity contribution >= 4 is 5.78 Å². The van der Waals surface area contributed by atoms with Gasteiger partial charge in [0.2, 0.25) is 0 Å². The van der Waals surface area contributed by atoms with Crippen molar-refractivity contribution in [3.05, 3.63) is 36.0 Å². The van der Waals surface area contributed by atoms with Crippen LogP contribution in [0.5, 0.6) is 0 Å². The molecule has 0 aromatic carbocycles. The van der Waals surface area contributed by atoms with E-state index in [9.17, 15) is 4.79 Å². The molecule has 0 amide bonds. The fourth-order valence-electron chi connectivity index (χ4n) is 5.55. The van der Waals surface area contributed by atoms with Gasteiger partial charge in [0, 0.05) is 5.41 Å². The quantitative estimate of drug-likeness (QED) is 0.500. The van der Waals surface area contributed by atoms with Crippen LogP contribution < -0.4 is 0 Å². The van der Waals surface area contributed by atoms with E-state index in [1.165, 1.54) is 24.8 Å². The number of ketones is 1. The van der Waals surface area contributed by atoms with E-state index >= 15 is 0 Å². The van der Waals surface area contributed by atoms with E-state index in [0.717, 1.165) is 19.3 Å². The molecule has 0 spiro atoms. The largest absolute Gasteiger partial charge is 0.294 e. The Balaban J connectivity index is 2.01. The first-order valence-electron chi connectivity index (χ1n) is 8.46. The molecular formula is C20H28O. The summed E-state index contributed by atoms with van der Waals surface area (Å²) >= 11 is 0. The van der Waals surface area contributed by atoms with E-state index in [-0.39, 0.29) is 16.6 Å². The van der Waals surface area contributed by atoms with E-state index in [2.05, 4.69) is 39.5 Å². The van der Waals surface area contributed by atoms with Crippen LogP contribution in [0.25, 0.3) is 0 Å². The molecular weight excluding hydrogens is 256 g/mol. The Bertz CT molecular complexity index is 538. The standard InChI is InChI=1S/C20H28O/c1-5-18(21)20(4)12-6-11-19(3)16-9-7-14(2)13-15(16)8-10-17(19)20/h5,9,13,15,17H,1,6-8,10-12H2,2-4H3/t15?,17?,19-,20+/m0/s1. The molecule has 1 nitrogen and oxygen atoms in total. The molecule has 2 saturated carbocycles. The van der Waals surface area contributed by atoms with Gasteiger partial charge >= 0.3 is 0 Å². The predicted molar refractivity (Wildman–Crippen MR) is 87.9 cm³/mol. The third-order valence-corrected chi connectivity index (χ3v) is 6.63. The van der Waals surface area contributed by atoms with Gasteiger partial charge in [-0.3, -0.25) is 4.79 Å². The Labute approximate surface area is 129 Å². The van der Waals surface area contributed by atoms with Gasteiger partial charge in [-0.2, -0.15) is 0 Å². The number of hydrogen-bond donors (Lipinski definition) is 0. The van der Waals surface area contributed by atoms with Crippen LogP contribution in [0.15, 0.2) is 36.0 Å². The van der Waals surface area contributed by atoms with Crippen LogP contribution >= 0.6 is 0 Å². The highest BCUT2D eigenvalue weighted by molar-refractivity contribution is 5.94. The molecule has 21 heavy (non-hydrogen) atoms. The number of allylic oxidation sites excluding steroid dienone is 5. The second-order valence-corrected chi connectivity index (χ2v) is 7.87. The first-order chi connectivity index (χ1) is 9.91. The highest BCUT2D eigenvalue weighted by Gasteiger charge is 2.55. The van der Waals surface area contributed by atoms with Crippen molar-refractivity contribution in [1.82, 2.24) is 0 Å². The van der Waals surface area contributed by atoms with E-state index < -0.39 is 0 Å². The maximum absolute atomic E-state index is 12.5. The smallest absolute Gasteiger partial charge is 0.161 e. The lowest BCUT2D eigenvalue weighted by Gasteiger charge is -2.57. The maximum atomic E-state index is 12.5. The molecule has 2 unspecified atom stereocenters. The lowest BCUT2D eigenvalue weighted by atomic mass is 9.46. The third-order valence-electron chi connectivity index (χ3n) is 6.63. The minimum absolute atomic E-state index is 0.198. The van der Waals surface area contributed by atoms with E-state index in [0.29, 0.717) is 11.8 Å². The van der Waals surface area contributed by atoms with Crippen LogP contribution in [0.3, 0.4) is 0 Å². The van der Waals surface area contributed by atoms with Crippen LogP contribution in [0.1, 0.15) is 59.3 Å². The Hall–Kier alpha value is -1.11. The molecule has 3 aliphatic rings. The fourth-order valence-corrected chi connectivity index (χ4v) is 5.55. The molecule has 0 heterocycles. The number of carbonyl (C=O) groups excluding carboxylic acids is 1. The van der Waals surface area contributed by atoms with Crippen LogP contribution in [0.4, 0.5) is 0 Å². The number of fused-ring (bicyclic) bond motifs is 3. The van der Waals surface area contributed by atoms with Crippen molar-refractivity contribution in [2.75, 3.05) is 0 Å². The van der Waals surface area contributed by atoms with Gasteiger partial charge in [-0.05, 0) is 62.4 Å². The Morgan fingerprint density at radius 3 is 2.81 bits per heavy atom. The van der Waals surface area contributed by atoms with Crippen molar-refractivity contribution in [3.8, 4) is 0 Å². The van der Waals surface area contributed by atoms with Gasteiger partial charge in [0.1, 0.15) is 0 Å². The summed E-state index contributed by atoms with van der Waals surface area (Å²) in [7, 11) is 0. The molecule has 2 fully saturated rings. The normalized spacial score (nSPS) is 42.2. The lowest BCUT2D eigenvalue weighted by molar-refractivity contribution is -0.134. The summed E-state index contributed by atoms with van der Waals surface area (Å²) in [6.07, 6.45) is 13.5. The van der Waals surface area contributed by atoms with Crippen molar-refractivity contribution in [2.45, 2.75) is 59.3 Å². The number of carbonyl (C=O) groups is 1. The molecule has 114 valence electrons. The summed E-state index contributed by atoms with van der Waals surface area (Å²) in [6, 6.07) is 0. The average Bonchev–Trinajstić information content (AvgIpc) is 2.45.